The molecule has 4 nitrogen and oxygen atoms in total. The van der Waals surface area contributed by atoms with Gasteiger partial charge in [-0.15, -0.1) is 0 Å². The van der Waals surface area contributed by atoms with Crippen molar-refractivity contribution in [2.24, 2.45) is 0 Å². The molecule has 2 aromatic rings. The fraction of sp³-hybridized carbons (Fsp3) is 0.143. The zero-order chi connectivity index (χ0) is 14.0. The van der Waals surface area contributed by atoms with Crippen molar-refractivity contribution in [3.63, 3.8) is 0 Å². The fourth-order valence-corrected chi connectivity index (χ4v) is 2.07. The van der Waals surface area contributed by atoms with Crippen molar-refractivity contribution >= 4 is 17.6 Å². The van der Waals surface area contributed by atoms with E-state index < -0.39 is 5.97 Å². The minimum Gasteiger partial charge on any atom is -0.496 e. The lowest BCUT2D eigenvalue weighted by Gasteiger charge is -2.11. The lowest BCUT2D eigenvalue weighted by Crippen LogP contribution is -2.02. The number of aromatic carboxylic acids is 1. The Morgan fingerprint density at radius 3 is 2.68 bits per heavy atom. The van der Waals surface area contributed by atoms with Gasteiger partial charge in [0.1, 0.15) is 10.9 Å². The monoisotopic (exact) mass is 277 g/mol. The third kappa shape index (κ3) is 2.53. The van der Waals surface area contributed by atoms with Crippen LogP contribution in [0.3, 0.4) is 0 Å². The van der Waals surface area contributed by atoms with Crippen molar-refractivity contribution in [3.8, 4) is 17.0 Å². The van der Waals surface area contributed by atoms with E-state index in [1.54, 1.807) is 14.0 Å². The number of benzene rings is 1. The van der Waals surface area contributed by atoms with E-state index in [9.17, 15) is 4.79 Å². The summed E-state index contributed by atoms with van der Waals surface area (Å²) in [6.07, 6.45) is 0. The summed E-state index contributed by atoms with van der Waals surface area (Å²) < 4.78 is 5.27. The van der Waals surface area contributed by atoms with Crippen LogP contribution in [-0.2, 0) is 0 Å². The number of para-hydroxylation sites is 1. The summed E-state index contributed by atoms with van der Waals surface area (Å²) in [4.78, 5) is 15.2. The van der Waals surface area contributed by atoms with Crippen LogP contribution < -0.4 is 4.74 Å². The highest BCUT2D eigenvalue weighted by molar-refractivity contribution is 6.32. The molecule has 1 aromatic heterocycles. The predicted molar refractivity (Wildman–Crippen MR) is 72.9 cm³/mol. The predicted octanol–water partition coefficient (Wildman–Crippen LogP) is 3.42. The van der Waals surface area contributed by atoms with Crippen molar-refractivity contribution in [3.05, 3.63) is 46.6 Å². The van der Waals surface area contributed by atoms with Crippen LogP contribution >= 0.6 is 11.6 Å². The van der Waals surface area contributed by atoms with Crippen LogP contribution in [0.1, 0.15) is 15.9 Å². The quantitative estimate of drug-likeness (QED) is 0.874. The highest BCUT2D eigenvalue weighted by Crippen LogP contribution is 2.32. The van der Waals surface area contributed by atoms with Crippen molar-refractivity contribution in [2.75, 3.05) is 7.11 Å². The molecule has 0 spiro atoms. The Morgan fingerprint density at radius 2 is 2.05 bits per heavy atom. The molecule has 5 heteroatoms. The molecule has 1 aromatic carbocycles. The third-order valence-corrected chi connectivity index (χ3v) is 3.05. The van der Waals surface area contributed by atoms with Crippen LogP contribution in [0.2, 0.25) is 5.15 Å². The Bertz CT molecular complexity index is 641. The highest BCUT2D eigenvalue weighted by atomic mass is 35.5. The van der Waals surface area contributed by atoms with Gasteiger partial charge >= 0.3 is 5.97 Å². The average Bonchev–Trinajstić information content (AvgIpc) is 2.40. The molecule has 2 rings (SSSR count). The first-order valence-electron chi connectivity index (χ1n) is 5.58. The maximum atomic E-state index is 11.0. The summed E-state index contributed by atoms with van der Waals surface area (Å²) in [5.74, 6) is -0.426. The van der Waals surface area contributed by atoms with Gasteiger partial charge < -0.3 is 9.84 Å². The number of halogens is 1. The van der Waals surface area contributed by atoms with Crippen molar-refractivity contribution in [1.29, 1.82) is 0 Å². The van der Waals surface area contributed by atoms with Gasteiger partial charge in [0.05, 0.1) is 18.4 Å². The number of hydrogen-bond acceptors (Lipinski definition) is 3. The van der Waals surface area contributed by atoms with E-state index in [-0.39, 0.29) is 10.7 Å². The topological polar surface area (TPSA) is 59.4 Å². The van der Waals surface area contributed by atoms with E-state index >= 15 is 0 Å². The Labute approximate surface area is 115 Å². The number of carboxylic acids is 1. The summed E-state index contributed by atoms with van der Waals surface area (Å²) in [6.45, 7) is 1.79. The van der Waals surface area contributed by atoms with E-state index in [1.807, 2.05) is 24.3 Å². The number of hydrogen-bond donors (Lipinski definition) is 1. The zero-order valence-corrected chi connectivity index (χ0v) is 11.2. The molecule has 0 aliphatic heterocycles. The summed E-state index contributed by atoms with van der Waals surface area (Å²) in [5.41, 5.74) is 2.12. The number of aromatic nitrogens is 1. The van der Waals surface area contributed by atoms with Crippen LogP contribution in [0.5, 0.6) is 5.75 Å². The van der Waals surface area contributed by atoms with Crippen LogP contribution in [0.25, 0.3) is 11.3 Å². The summed E-state index contributed by atoms with van der Waals surface area (Å²) in [5, 5.41) is 8.97. The number of methoxy groups -OCH3 is 1. The second-order valence-electron chi connectivity index (χ2n) is 4.00. The number of ether oxygens (including phenoxy) is 1. The Balaban J connectivity index is 2.64. The number of nitrogens with zero attached hydrogens (tertiary/aromatic N) is 1. The lowest BCUT2D eigenvalue weighted by atomic mass is 10.0. The molecule has 1 N–H and O–H groups in total. The Kier molecular flexibility index (Phi) is 3.71. The van der Waals surface area contributed by atoms with E-state index in [1.165, 1.54) is 6.07 Å². The molecule has 0 saturated carbocycles. The minimum absolute atomic E-state index is 0.00202. The molecule has 0 atom stereocenters. The van der Waals surface area contributed by atoms with E-state index in [2.05, 4.69) is 4.98 Å². The number of pyridine rings is 1. The van der Waals surface area contributed by atoms with Crippen molar-refractivity contribution < 1.29 is 14.6 Å². The van der Waals surface area contributed by atoms with Gasteiger partial charge in [-0.1, -0.05) is 23.7 Å². The molecule has 0 fully saturated rings. The molecular formula is C14H12ClNO3. The smallest absolute Gasteiger partial charge is 0.338 e. The molecule has 0 amide bonds. The normalized spacial score (nSPS) is 10.3. The first kappa shape index (κ1) is 13.4. The van der Waals surface area contributed by atoms with E-state index in [0.717, 1.165) is 11.1 Å². The fourth-order valence-electron chi connectivity index (χ4n) is 1.85. The number of aryl methyl sites for hydroxylation is 1. The van der Waals surface area contributed by atoms with Gasteiger partial charge in [0, 0.05) is 5.56 Å². The number of carbonyl (C=O) groups is 1. The number of carboxylic acid groups (broad SMARTS) is 1. The zero-order valence-electron chi connectivity index (χ0n) is 10.5. The van der Waals surface area contributed by atoms with Crippen LogP contribution in [-0.4, -0.2) is 23.2 Å². The second kappa shape index (κ2) is 5.28. The van der Waals surface area contributed by atoms with Crippen molar-refractivity contribution in [1.82, 2.24) is 4.98 Å². The summed E-state index contributed by atoms with van der Waals surface area (Å²) in [6, 6.07) is 8.89. The highest BCUT2D eigenvalue weighted by Gasteiger charge is 2.16. The molecule has 0 saturated heterocycles. The maximum absolute atomic E-state index is 11.0. The lowest BCUT2D eigenvalue weighted by molar-refractivity contribution is 0.0696. The van der Waals surface area contributed by atoms with E-state index in [4.69, 9.17) is 21.4 Å². The van der Waals surface area contributed by atoms with Crippen LogP contribution in [0, 0.1) is 6.92 Å². The minimum atomic E-state index is -1.09. The largest absolute Gasteiger partial charge is 0.496 e. The van der Waals surface area contributed by atoms with Crippen LogP contribution in [0.4, 0.5) is 0 Å². The molecule has 19 heavy (non-hydrogen) atoms. The van der Waals surface area contributed by atoms with Gasteiger partial charge in [0.15, 0.2) is 0 Å². The molecule has 1 heterocycles. The summed E-state index contributed by atoms with van der Waals surface area (Å²) in [7, 11) is 1.57. The first-order valence-corrected chi connectivity index (χ1v) is 5.96. The maximum Gasteiger partial charge on any atom is 0.338 e. The molecule has 0 radical (unpaired) electrons. The van der Waals surface area contributed by atoms with Gasteiger partial charge in [-0.05, 0) is 30.7 Å². The molecule has 98 valence electrons. The Morgan fingerprint density at radius 1 is 1.37 bits per heavy atom. The van der Waals surface area contributed by atoms with Gasteiger partial charge in [-0.2, -0.15) is 0 Å². The molecular weight excluding hydrogens is 266 g/mol. The van der Waals surface area contributed by atoms with E-state index in [0.29, 0.717) is 11.4 Å². The number of rotatable bonds is 3. The van der Waals surface area contributed by atoms with Crippen LogP contribution in [0.15, 0.2) is 30.3 Å². The SMILES string of the molecule is COc1ccccc1-c1nc(Cl)c(C(=O)O)cc1C. The molecule has 0 aliphatic carbocycles. The molecule has 0 bridgehead atoms. The molecule has 0 aliphatic rings. The third-order valence-electron chi connectivity index (χ3n) is 2.76. The average molecular weight is 278 g/mol. The molecule has 0 unspecified atom stereocenters. The van der Waals surface area contributed by atoms with Crippen molar-refractivity contribution in [2.45, 2.75) is 6.92 Å². The summed E-state index contributed by atoms with van der Waals surface area (Å²) >= 11 is 5.91. The van der Waals surface area contributed by atoms with Gasteiger partial charge in [0.2, 0.25) is 0 Å². The Hall–Kier alpha value is -2.07. The second-order valence-corrected chi connectivity index (χ2v) is 4.36. The standard InChI is InChI=1S/C14H12ClNO3/c1-8-7-10(14(17)18)13(15)16-12(8)9-5-3-4-6-11(9)19-2/h3-7H,1-2H3,(H,17,18). The van der Waals surface area contributed by atoms with Gasteiger partial charge in [0.25, 0.3) is 0 Å². The van der Waals surface area contributed by atoms with Gasteiger partial charge in [-0.25, -0.2) is 9.78 Å². The first-order chi connectivity index (χ1) is 9.04. The van der Waals surface area contributed by atoms with Gasteiger partial charge in [-0.3, -0.25) is 0 Å².